The van der Waals surface area contributed by atoms with E-state index in [1.807, 2.05) is 0 Å². The second-order valence-corrected chi connectivity index (χ2v) is 4.30. The average Bonchev–Trinajstić information content (AvgIpc) is 2.24. The normalized spacial score (nSPS) is 22.0. The number of nitrogens with one attached hydrogen (secondary N) is 1. The summed E-state index contributed by atoms with van der Waals surface area (Å²) in [5, 5.41) is 6.89. The van der Waals surface area contributed by atoms with Crippen molar-refractivity contribution in [2.75, 3.05) is 0 Å². The molecular weight excluding hydrogens is 172 g/mol. The fourth-order valence-corrected chi connectivity index (χ4v) is 2.19. The van der Waals surface area contributed by atoms with Crippen LogP contribution in [0.25, 0.3) is 0 Å². The highest BCUT2D eigenvalue weighted by molar-refractivity contribution is 5.36. The average molecular weight is 194 g/mol. The Balaban J connectivity index is 2.30. The Kier molecular flexibility index (Phi) is 6.34. The molecule has 1 saturated carbocycles. The highest BCUT2D eigenvalue weighted by atomic mass is 14.8. The highest BCUT2D eigenvalue weighted by Gasteiger charge is 2.07. The largest absolute Gasteiger partial charge is 0.242 e. The van der Waals surface area contributed by atoms with Crippen LogP contribution in [0.2, 0.25) is 0 Å². The minimum Gasteiger partial charge on any atom is -0.242 e. The third-order valence-corrected chi connectivity index (χ3v) is 3.07. The molecule has 0 aliphatic heterocycles. The van der Waals surface area contributed by atoms with Gasteiger partial charge in [-0.15, -0.1) is 0 Å². The Morgan fingerprint density at radius 2 is 1.21 bits per heavy atom. The number of hydrogen-bond acceptors (Lipinski definition) is 2. The lowest BCUT2D eigenvalue weighted by Gasteiger charge is -2.09. The Morgan fingerprint density at radius 1 is 0.786 bits per heavy atom. The molecular formula is C12H22N2. The summed E-state index contributed by atoms with van der Waals surface area (Å²) in [5.41, 5.74) is 0. The fraction of sp³-hybridized carbons (Fsp3) is 0.917. The van der Waals surface area contributed by atoms with Gasteiger partial charge >= 0.3 is 0 Å². The summed E-state index contributed by atoms with van der Waals surface area (Å²) in [6, 6.07) is 2.61. The van der Waals surface area contributed by atoms with Crippen molar-refractivity contribution in [3.05, 3.63) is 0 Å². The number of hydrogen-bond donors (Lipinski definition) is 1. The lowest BCUT2D eigenvalue weighted by Crippen LogP contribution is -2.03. The lowest BCUT2D eigenvalue weighted by atomic mass is 10.0. The first kappa shape index (κ1) is 11.5. The molecule has 0 saturated heterocycles. The molecule has 0 amide bonds. The Hall–Kier alpha value is -0.620. The van der Waals surface area contributed by atoms with Crippen molar-refractivity contribution in [1.82, 2.24) is 0 Å². The Morgan fingerprint density at radius 3 is 1.64 bits per heavy atom. The fourth-order valence-electron chi connectivity index (χ4n) is 2.19. The molecule has 0 bridgehead atoms. The molecule has 2 nitrogen and oxygen atoms in total. The van der Waals surface area contributed by atoms with E-state index < -0.39 is 0 Å². The minimum absolute atomic E-state index is 0.394. The molecule has 1 aliphatic carbocycles. The smallest absolute Gasteiger partial charge is 0.0864 e. The van der Waals surface area contributed by atoms with E-state index in [2.05, 4.69) is 11.0 Å². The summed E-state index contributed by atoms with van der Waals surface area (Å²) in [6.07, 6.45) is 13.2. The molecule has 0 aromatic carbocycles. The SMILES string of the molecule is N=C=NC1CCCCCCCCCC1. The van der Waals surface area contributed by atoms with E-state index in [1.165, 1.54) is 64.2 Å². The molecule has 0 atom stereocenters. The van der Waals surface area contributed by atoms with Crippen LogP contribution in [0.3, 0.4) is 0 Å². The zero-order valence-corrected chi connectivity index (χ0v) is 9.10. The van der Waals surface area contributed by atoms with Crippen molar-refractivity contribution in [2.24, 2.45) is 4.99 Å². The summed E-state index contributed by atoms with van der Waals surface area (Å²) in [5.74, 6) is 0. The molecule has 14 heavy (non-hydrogen) atoms. The first-order valence-corrected chi connectivity index (χ1v) is 6.05. The molecule has 0 spiro atoms. The maximum atomic E-state index is 6.89. The second kappa shape index (κ2) is 7.75. The number of rotatable bonds is 1. The van der Waals surface area contributed by atoms with Gasteiger partial charge in [-0.3, -0.25) is 0 Å². The van der Waals surface area contributed by atoms with Crippen LogP contribution in [0.1, 0.15) is 64.2 Å². The molecule has 0 aromatic rings. The predicted molar refractivity (Wildman–Crippen MR) is 60.1 cm³/mol. The van der Waals surface area contributed by atoms with Gasteiger partial charge in [0.2, 0.25) is 0 Å². The van der Waals surface area contributed by atoms with E-state index in [9.17, 15) is 0 Å². The molecule has 1 fully saturated rings. The highest BCUT2D eigenvalue weighted by Crippen LogP contribution is 2.18. The molecule has 1 aliphatic rings. The van der Waals surface area contributed by atoms with Crippen LogP contribution < -0.4 is 0 Å². The van der Waals surface area contributed by atoms with Gasteiger partial charge < -0.3 is 0 Å². The molecule has 0 unspecified atom stereocenters. The van der Waals surface area contributed by atoms with Gasteiger partial charge in [-0.2, -0.15) is 0 Å². The van der Waals surface area contributed by atoms with Crippen molar-refractivity contribution in [1.29, 1.82) is 5.41 Å². The molecule has 80 valence electrons. The van der Waals surface area contributed by atoms with Crippen LogP contribution in [0.5, 0.6) is 0 Å². The van der Waals surface area contributed by atoms with Gasteiger partial charge in [0.25, 0.3) is 0 Å². The third kappa shape index (κ3) is 5.18. The van der Waals surface area contributed by atoms with E-state index in [4.69, 9.17) is 5.41 Å². The van der Waals surface area contributed by atoms with E-state index in [0.29, 0.717) is 6.04 Å². The number of aliphatic imine (C=N–C) groups is 1. The van der Waals surface area contributed by atoms with Crippen LogP contribution in [0.4, 0.5) is 0 Å². The summed E-state index contributed by atoms with van der Waals surface area (Å²) in [6.45, 7) is 0. The summed E-state index contributed by atoms with van der Waals surface area (Å²) in [7, 11) is 0. The van der Waals surface area contributed by atoms with Crippen molar-refractivity contribution >= 4 is 6.01 Å². The van der Waals surface area contributed by atoms with E-state index >= 15 is 0 Å². The standard InChI is InChI=1S/C12H22N2/c13-11-14-12-9-7-5-3-1-2-4-6-8-10-12/h12-13H,1-10H2. The molecule has 1 N–H and O–H groups in total. The third-order valence-electron chi connectivity index (χ3n) is 3.07. The van der Waals surface area contributed by atoms with Crippen molar-refractivity contribution in [3.8, 4) is 0 Å². The predicted octanol–water partition coefficient (Wildman–Crippen LogP) is 4.02. The molecule has 0 heterocycles. The van der Waals surface area contributed by atoms with Crippen LogP contribution in [0.15, 0.2) is 4.99 Å². The molecule has 0 radical (unpaired) electrons. The lowest BCUT2D eigenvalue weighted by molar-refractivity contribution is 0.513. The second-order valence-electron chi connectivity index (χ2n) is 4.30. The van der Waals surface area contributed by atoms with Crippen LogP contribution in [-0.2, 0) is 0 Å². The zero-order valence-electron chi connectivity index (χ0n) is 9.10. The van der Waals surface area contributed by atoms with Crippen molar-refractivity contribution in [3.63, 3.8) is 0 Å². The van der Waals surface area contributed by atoms with Crippen molar-refractivity contribution in [2.45, 2.75) is 70.3 Å². The van der Waals surface area contributed by atoms with Gasteiger partial charge in [0.05, 0.1) is 12.1 Å². The van der Waals surface area contributed by atoms with Gasteiger partial charge in [-0.1, -0.05) is 51.4 Å². The summed E-state index contributed by atoms with van der Waals surface area (Å²) in [4.78, 5) is 4.10. The quantitative estimate of drug-likeness (QED) is 0.612. The first-order chi connectivity index (χ1) is 6.93. The van der Waals surface area contributed by atoms with Crippen LogP contribution in [0, 0.1) is 5.41 Å². The first-order valence-electron chi connectivity index (χ1n) is 6.05. The van der Waals surface area contributed by atoms with Crippen LogP contribution >= 0.6 is 0 Å². The summed E-state index contributed by atoms with van der Waals surface area (Å²) < 4.78 is 0. The van der Waals surface area contributed by atoms with Gasteiger partial charge in [0.15, 0.2) is 0 Å². The van der Waals surface area contributed by atoms with E-state index in [-0.39, 0.29) is 0 Å². The van der Waals surface area contributed by atoms with Gasteiger partial charge in [-0.05, 0) is 12.8 Å². The van der Waals surface area contributed by atoms with Crippen LogP contribution in [-0.4, -0.2) is 12.1 Å². The van der Waals surface area contributed by atoms with E-state index in [1.54, 1.807) is 0 Å². The molecule has 0 aromatic heterocycles. The maximum absolute atomic E-state index is 6.89. The molecule has 2 heteroatoms. The Labute approximate surface area is 87.3 Å². The zero-order chi connectivity index (χ0) is 10.1. The minimum atomic E-state index is 0.394. The van der Waals surface area contributed by atoms with E-state index in [0.717, 1.165) is 0 Å². The maximum Gasteiger partial charge on any atom is 0.0864 e. The topological polar surface area (TPSA) is 36.2 Å². The monoisotopic (exact) mass is 194 g/mol. The van der Waals surface area contributed by atoms with Gasteiger partial charge in [-0.25, -0.2) is 10.4 Å². The van der Waals surface area contributed by atoms with Gasteiger partial charge in [0, 0.05) is 0 Å². The number of nitrogens with zero attached hydrogens (tertiary/aromatic N) is 1. The van der Waals surface area contributed by atoms with Gasteiger partial charge in [0.1, 0.15) is 0 Å². The summed E-state index contributed by atoms with van der Waals surface area (Å²) >= 11 is 0. The Bertz CT molecular complexity index is 171. The van der Waals surface area contributed by atoms with Crippen molar-refractivity contribution < 1.29 is 0 Å². The molecule has 1 rings (SSSR count).